The van der Waals surface area contributed by atoms with Gasteiger partial charge in [0.05, 0.1) is 18.3 Å². The first kappa shape index (κ1) is 16.5. The summed E-state index contributed by atoms with van der Waals surface area (Å²) in [6.45, 7) is 4.25. The Morgan fingerprint density at radius 2 is 2.10 bits per heavy atom. The average molecular weight is 324 g/mol. The van der Waals surface area contributed by atoms with Crippen molar-refractivity contribution in [1.82, 2.24) is 4.98 Å². The normalized spacial score (nSPS) is 27.1. The molecule has 1 aromatic heterocycles. The summed E-state index contributed by atoms with van der Waals surface area (Å²) in [6.07, 6.45) is -4.15. The standard InChI is InChI=1S/C14H17ClF3NO2/c1-8(2)10-7-13(20,5-6-21-10)9-3-4-11(14(16,17)18)19-12(9)15/h3-4,8,10,20H,5-7H2,1-2H3. The third kappa shape index (κ3) is 3.49. The smallest absolute Gasteiger partial charge is 0.385 e. The Bertz CT molecular complexity index is 521. The van der Waals surface area contributed by atoms with Gasteiger partial charge in [0.25, 0.3) is 0 Å². The fraction of sp³-hybridized carbons (Fsp3) is 0.643. The van der Waals surface area contributed by atoms with E-state index in [4.69, 9.17) is 16.3 Å². The number of pyridine rings is 1. The summed E-state index contributed by atoms with van der Waals surface area (Å²) in [5.41, 5.74) is -2.14. The van der Waals surface area contributed by atoms with Gasteiger partial charge < -0.3 is 9.84 Å². The van der Waals surface area contributed by atoms with E-state index < -0.39 is 17.5 Å². The molecule has 1 saturated heterocycles. The second kappa shape index (κ2) is 5.74. The van der Waals surface area contributed by atoms with Crippen LogP contribution < -0.4 is 0 Å². The van der Waals surface area contributed by atoms with Gasteiger partial charge in [-0.05, 0) is 12.0 Å². The largest absolute Gasteiger partial charge is 0.433 e. The van der Waals surface area contributed by atoms with E-state index >= 15 is 0 Å². The molecule has 0 bridgehead atoms. The van der Waals surface area contributed by atoms with Gasteiger partial charge in [-0.3, -0.25) is 0 Å². The van der Waals surface area contributed by atoms with Crippen LogP contribution in [-0.2, 0) is 16.5 Å². The van der Waals surface area contributed by atoms with Crippen LogP contribution in [0.25, 0.3) is 0 Å². The lowest BCUT2D eigenvalue weighted by atomic mass is 9.81. The molecule has 0 spiro atoms. The zero-order valence-electron chi connectivity index (χ0n) is 11.7. The highest BCUT2D eigenvalue weighted by atomic mass is 35.5. The number of aliphatic hydroxyl groups is 1. The van der Waals surface area contributed by atoms with E-state index in [1.807, 2.05) is 13.8 Å². The maximum Gasteiger partial charge on any atom is 0.433 e. The third-order valence-corrected chi connectivity index (χ3v) is 4.06. The van der Waals surface area contributed by atoms with Crippen LogP contribution in [0.3, 0.4) is 0 Å². The van der Waals surface area contributed by atoms with E-state index in [0.717, 1.165) is 6.07 Å². The van der Waals surface area contributed by atoms with Gasteiger partial charge >= 0.3 is 6.18 Å². The lowest BCUT2D eigenvalue weighted by Gasteiger charge is -2.39. The van der Waals surface area contributed by atoms with Crippen molar-refractivity contribution in [3.8, 4) is 0 Å². The molecule has 1 aromatic rings. The third-order valence-electron chi connectivity index (χ3n) is 3.77. The zero-order chi connectivity index (χ0) is 15.8. The minimum Gasteiger partial charge on any atom is -0.385 e. The van der Waals surface area contributed by atoms with Gasteiger partial charge in [0.15, 0.2) is 0 Å². The van der Waals surface area contributed by atoms with Crippen molar-refractivity contribution in [2.45, 2.75) is 44.6 Å². The summed E-state index contributed by atoms with van der Waals surface area (Å²) < 4.78 is 43.4. The molecule has 1 aliphatic heterocycles. The average Bonchev–Trinajstić information content (AvgIpc) is 2.37. The molecule has 0 radical (unpaired) electrons. The van der Waals surface area contributed by atoms with E-state index in [0.29, 0.717) is 6.61 Å². The summed E-state index contributed by atoms with van der Waals surface area (Å²) >= 11 is 5.87. The maximum absolute atomic E-state index is 12.6. The number of alkyl halides is 3. The van der Waals surface area contributed by atoms with Crippen LogP contribution in [0.15, 0.2) is 12.1 Å². The topological polar surface area (TPSA) is 42.4 Å². The highest BCUT2D eigenvalue weighted by molar-refractivity contribution is 6.30. The number of ether oxygens (including phenoxy) is 1. The summed E-state index contributed by atoms with van der Waals surface area (Å²) in [5, 5.41) is 10.4. The molecular weight excluding hydrogens is 307 g/mol. The predicted octanol–water partition coefficient (Wildman–Crippen LogP) is 3.78. The number of aromatic nitrogens is 1. The molecule has 0 aliphatic carbocycles. The van der Waals surface area contributed by atoms with Gasteiger partial charge in [-0.1, -0.05) is 31.5 Å². The molecule has 2 heterocycles. The quantitative estimate of drug-likeness (QED) is 0.842. The molecule has 21 heavy (non-hydrogen) atoms. The van der Waals surface area contributed by atoms with Crippen LogP contribution in [0.2, 0.25) is 5.15 Å². The van der Waals surface area contributed by atoms with E-state index in [1.54, 1.807) is 0 Å². The van der Waals surface area contributed by atoms with Crippen molar-refractivity contribution in [1.29, 1.82) is 0 Å². The second-order valence-electron chi connectivity index (χ2n) is 5.67. The lowest BCUT2D eigenvalue weighted by molar-refractivity contribution is -0.141. The summed E-state index contributed by atoms with van der Waals surface area (Å²) in [7, 11) is 0. The molecule has 3 nitrogen and oxygen atoms in total. The molecule has 2 rings (SSSR count). The molecule has 2 unspecified atom stereocenters. The van der Waals surface area contributed by atoms with E-state index in [2.05, 4.69) is 4.98 Å². The van der Waals surface area contributed by atoms with Gasteiger partial charge in [0.2, 0.25) is 0 Å². The van der Waals surface area contributed by atoms with Gasteiger partial charge in [-0.2, -0.15) is 13.2 Å². The maximum atomic E-state index is 12.6. The predicted molar refractivity (Wildman–Crippen MR) is 72.0 cm³/mol. The molecule has 7 heteroatoms. The lowest BCUT2D eigenvalue weighted by Crippen LogP contribution is -2.41. The molecule has 2 atom stereocenters. The van der Waals surface area contributed by atoms with Crippen LogP contribution in [0.5, 0.6) is 0 Å². The fourth-order valence-corrected chi connectivity index (χ4v) is 2.81. The SMILES string of the molecule is CC(C)C1CC(O)(c2ccc(C(F)(F)F)nc2Cl)CCO1. The van der Waals surface area contributed by atoms with Gasteiger partial charge in [0, 0.05) is 18.4 Å². The fourth-order valence-electron chi connectivity index (χ4n) is 2.49. The van der Waals surface area contributed by atoms with E-state index in [1.165, 1.54) is 6.07 Å². The Morgan fingerprint density at radius 1 is 1.43 bits per heavy atom. The van der Waals surface area contributed by atoms with Crippen LogP contribution in [0.1, 0.15) is 37.9 Å². The number of nitrogens with zero attached hydrogens (tertiary/aromatic N) is 1. The molecule has 1 N–H and O–H groups in total. The van der Waals surface area contributed by atoms with Crippen LogP contribution in [0, 0.1) is 5.92 Å². The summed E-state index contributed by atoms with van der Waals surface area (Å²) in [6, 6.07) is 2.06. The summed E-state index contributed by atoms with van der Waals surface area (Å²) in [5.74, 6) is 0.193. The first-order valence-electron chi connectivity index (χ1n) is 6.72. The van der Waals surface area contributed by atoms with Crippen molar-refractivity contribution in [3.05, 3.63) is 28.5 Å². The molecule has 0 saturated carbocycles. The van der Waals surface area contributed by atoms with Gasteiger partial charge in [-0.15, -0.1) is 0 Å². The number of hydrogen-bond acceptors (Lipinski definition) is 3. The van der Waals surface area contributed by atoms with Crippen LogP contribution >= 0.6 is 11.6 Å². The first-order valence-corrected chi connectivity index (χ1v) is 7.09. The monoisotopic (exact) mass is 323 g/mol. The Labute approximate surface area is 126 Å². The van der Waals surface area contributed by atoms with E-state index in [9.17, 15) is 18.3 Å². The Balaban J connectivity index is 2.32. The number of hydrogen-bond donors (Lipinski definition) is 1. The second-order valence-corrected chi connectivity index (χ2v) is 6.03. The minimum absolute atomic E-state index is 0.165. The van der Waals surface area contributed by atoms with Crippen molar-refractivity contribution in [2.24, 2.45) is 5.92 Å². The highest BCUT2D eigenvalue weighted by Gasteiger charge is 2.41. The number of rotatable bonds is 2. The van der Waals surface area contributed by atoms with Crippen molar-refractivity contribution < 1.29 is 23.0 Å². The van der Waals surface area contributed by atoms with Crippen molar-refractivity contribution >= 4 is 11.6 Å². The molecule has 0 aromatic carbocycles. The zero-order valence-corrected chi connectivity index (χ0v) is 12.5. The molecule has 118 valence electrons. The van der Waals surface area contributed by atoms with Crippen molar-refractivity contribution in [3.63, 3.8) is 0 Å². The molecule has 1 aliphatic rings. The number of halogens is 4. The Kier molecular flexibility index (Phi) is 4.52. The highest BCUT2D eigenvalue weighted by Crippen LogP contribution is 2.40. The first-order chi connectivity index (χ1) is 9.63. The Hall–Kier alpha value is -0.850. The molecular formula is C14H17ClF3NO2. The van der Waals surface area contributed by atoms with Gasteiger partial charge in [0.1, 0.15) is 10.8 Å². The minimum atomic E-state index is -4.55. The van der Waals surface area contributed by atoms with Gasteiger partial charge in [-0.25, -0.2) is 4.98 Å². The molecule has 0 amide bonds. The summed E-state index contributed by atoms with van der Waals surface area (Å²) in [4.78, 5) is 3.37. The van der Waals surface area contributed by atoms with E-state index in [-0.39, 0.29) is 35.6 Å². The van der Waals surface area contributed by atoms with Crippen molar-refractivity contribution in [2.75, 3.05) is 6.61 Å². The molecule has 1 fully saturated rings. The Morgan fingerprint density at radius 3 is 2.62 bits per heavy atom. The van der Waals surface area contributed by atoms with Crippen LogP contribution in [-0.4, -0.2) is 22.8 Å². The van der Waals surface area contributed by atoms with Crippen LogP contribution in [0.4, 0.5) is 13.2 Å².